The topological polar surface area (TPSA) is 99.2 Å². The van der Waals surface area contributed by atoms with Crippen molar-refractivity contribution in [3.63, 3.8) is 0 Å². The van der Waals surface area contributed by atoms with Crippen LogP contribution in [0.1, 0.15) is 26.2 Å². The summed E-state index contributed by atoms with van der Waals surface area (Å²) in [6.07, 6.45) is 1.80. The number of amides is 2. The van der Waals surface area contributed by atoms with E-state index in [0.29, 0.717) is 12.2 Å². The number of anilines is 1. The summed E-state index contributed by atoms with van der Waals surface area (Å²) < 4.78 is 13.1. The molecular formula is C17H23FN4O3. The maximum Gasteiger partial charge on any atom is 0.270 e. The quantitative estimate of drug-likeness (QED) is 0.726. The molecule has 0 aliphatic carbocycles. The van der Waals surface area contributed by atoms with E-state index in [9.17, 15) is 19.1 Å². The van der Waals surface area contributed by atoms with E-state index < -0.39 is 17.8 Å². The predicted molar refractivity (Wildman–Crippen MR) is 92.5 cm³/mol. The molecule has 2 amide bonds. The van der Waals surface area contributed by atoms with E-state index >= 15 is 0 Å². The molecule has 0 radical (unpaired) electrons. The van der Waals surface area contributed by atoms with Gasteiger partial charge in [0.05, 0.1) is 12.3 Å². The number of nitrogens with two attached hydrogens (primary N) is 1. The Balaban J connectivity index is 2.24. The number of hydrazone groups is 1. The van der Waals surface area contributed by atoms with Gasteiger partial charge in [0.15, 0.2) is 0 Å². The Hall–Kier alpha value is -2.48. The molecule has 1 aromatic rings. The van der Waals surface area contributed by atoms with Crippen LogP contribution in [0, 0.1) is 5.82 Å². The number of nitrogens with zero attached hydrogens (tertiary/aromatic N) is 3. The molecule has 1 unspecified atom stereocenters. The zero-order chi connectivity index (χ0) is 18.4. The number of aliphatic hydroxyl groups is 1. The van der Waals surface area contributed by atoms with Crippen LogP contribution in [0.3, 0.4) is 0 Å². The normalized spacial score (nSPS) is 16.7. The second-order valence-electron chi connectivity index (χ2n) is 5.86. The number of unbranched alkanes of at least 4 members (excludes halogenated alkanes) is 1. The highest BCUT2D eigenvalue weighted by Crippen LogP contribution is 2.25. The molecule has 1 aromatic carbocycles. The Morgan fingerprint density at radius 3 is 2.60 bits per heavy atom. The second-order valence-corrected chi connectivity index (χ2v) is 5.86. The lowest BCUT2D eigenvalue weighted by atomic mass is 10.1. The van der Waals surface area contributed by atoms with E-state index in [0.717, 1.165) is 12.8 Å². The first kappa shape index (κ1) is 18.9. The summed E-state index contributed by atoms with van der Waals surface area (Å²) in [5.41, 5.74) is 6.13. The highest BCUT2D eigenvalue weighted by atomic mass is 19.1. The van der Waals surface area contributed by atoms with Crippen molar-refractivity contribution in [1.29, 1.82) is 0 Å². The Bertz CT molecular complexity index is 648. The first-order valence-corrected chi connectivity index (χ1v) is 8.29. The molecule has 2 rings (SSSR count). The predicted octanol–water partition coefficient (Wildman–Crippen LogP) is 0.867. The van der Waals surface area contributed by atoms with E-state index in [1.807, 2.05) is 6.92 Å². The fourth-order valence-electron chi connectivity index (χ4n) is 2.66. The molecule has 3 N–H and O–H groups in total. The molecule has 8 heteroatoms. The van der Waals surface area contributed by atoms with Crippen LogP contribution in [0.5, 0.6) is 0 Å². The zero-order valence-corrected chi connectivity index (χ0v) is 14.2. The van der Waals surface area contributed by atoms with Gasteiger partial charge in [0.1, 0.15) is 17.6 Å². The molecule has 0 saturated carbocycles. The molecule has 1 heterocycles. The zero-order valence-electron chi connectivity index (χ0n) is 14.2. The molecular weight excluding hydrogens is 327 g/mol. The smallest absolute Gasteiger partial charge is 0.270 e. The van der Waals surface area contributed by atoms with Gasteiger partial charge in [-0.25, -0.2) is 4.39 Å². The van der Waals surface area contributed by atoms with Crippen LogP contribution in [0.2, 0.25) is 0 Å². The summed E-state index contributed by atoms with van der Waals surface area (Å²) in [7, 11) is 0. The molecule has 25 heavy (non-hydrogen) atoms. The number of aliphatic hydroxyl groups excluding tert-OH is 1. The van der Waals surface area contributed by atoms with Crippen LogP contribution in [0.25, 0.3) is 0 Å². The van der Waals surface area contributed by atoms with Gasteiger partial charge in [-0.15, -0.1) is 0 Å². The highest BCUT2D eigenvalue weighted by molar-refractivity contribution is 6.40. The van der Waals surface area contributed by atoms with Gasteiger partial charge >= 0.3 is 0 Å². The maximum atomic E-state index is 13.1. The molecule has 1 aliphatic heterocycles. The molecule has 0 spiro atoms. The molecule has 0 saturated heterocycles. The molecule has 1 atom stereocenters. The third kappa shape index (κ3) is 4.54. The van der Waals surface area contributed by atoms with E-state index in [2.05, 4.69) is 5.10 Å². The van der Waals surface area contributed by atoms with Crippen molar-refractivity contribution in [1.82, 2.24) is 4.90 Å². The fourth-order valence-corrected chi connectivity index (χ4v) is 2.66. The SMILES string of the molecule is CCCCN(CCO)C(=O)C1=NN(c2ccc(F)cc2)C(C(N)=O)C1. The molecule has 0 fully saturated rings. The summed E-state index contributed by atoms with van der Waals surface area (Å²) in [6, 6.07) is 4.66. The molecule has 7 nitrogen and oxygen atoms in total. The van der Waals surface area contributed by atoms with Crippen molar-refractivity contribution < 1.29 is 19.1 Å². The van der Waals surface area contributed by atoms with Crippen molar-refractivity contribution in [2.45, 2.75) is 32.2 Å². The summed E-state index contributed by atoms with van der Waals surface area (Å²) in [5.74, 6) is -1.34. The molecule has 0 aromatic heterocycles. The lowest BCUT2D eigenvalue weighted by molar-refractivity contribution is -0.124. The number of primary amides is 1. The lowest BCUT2D eigenvalue weighted by Gasteiger charge is -2.21. The van der Waals surface area contributed by atoms with E-state index in [-0.39, 0.29) is 31.2 Å². The van der Waals surface area contributed by atoms with Crippen LogP contribution in [-0.4, -0.2) is 53.3 Å². The van der Waals surface area contributed by atoms with Gasteiger partial charge in [-0.05, 0) is 30.7 Å². The summed E-state index contributed by atoms with van der Waals surface area (Å²) in [4.78, 5) is 26.0. The first-order chi connectivity index (χ1) is 12.0. The van der Waals surface area contributed by atoms with Crippen LogP contribution in [0.4, 0.5) is 10.1 Å². The number of carbonyl (C=O) groups is 2. The van der Waals surface area contributed by atoms with Crippen molar-refractivity contribution in [2.24, 2.45) is 10.8 Å². The number of carbonyl (C=O) groups excluding carboxylic acids is 2. The Labute approximate surface area is 145 Å². The lowest BCUT2D eigenvalue weighted by Crippen LogP contribution is -2.41. The molecule has 1 aliphatic rings. The summed E-state index contributed by atoms with van der Waals surface area (Å²) >= 11 is 0. The van der Waals surface area contributed by atoms with Crippen molar-refractivity contribution in [3.8, 4) is 0 Å². The Morgan fingerprint density at radius 2 is 2.04 bits per heavy atom. The van der Waals surface area contributed by atoms with Crippen LogP contribution in [-0.2, 0) is 9.59 Å². The number of hydrogen-bond acceptors (Lipinski definition) is 5. The maximum absolute atomic E-state index is 13.1. The molecule has 0 bridgehead atoms. The highest BCUT2D eigenvalue weighted by Gasteiger charge is 2.36. The molecule has 136 valence electrons. The second kappa shape index (κ2) is 8.57. The Kier molecular flexibility index (Phi) is 6.46. The van der Waals surface area contributed by atoms with E-state index in [1.54, 1.807) is 0 Å². The van der Waals surface area contributed by atoms with E-state index in [4.69, 9.17) is 5.73 Å². The number of halogens is 1. The summed E-state index contributed by atoms with van der Waals surface area (Å²) in [6.45, 7) is 2.57. The van der Waals surface area contributed by atoms with Crippen molar-refractivity contribution >= 4 is 23.2 Å². The van der Waals surface area contributed by atoms with Gasteiger partial charge in [0.25, 0.3) is 5.91 Å². The largest absolute Gasteiger partial charge is 0.395 e. The van der Waals surface area contributed by atoms with Gasteiger partial charge < -0.3 is 15.7 Å². The van der Waals surface area contributed by atoms with Crippen molar-refractivity contribution in [2.75, 3.05) is 24.7 Å². The first-order valence-electron chi connectivity index (χ1n) is 8.29. The average molecular weight is 350 g/mol. The van der Waals surface area contributed by atoms with Gasteiger partial charge in [0.2, 0.25) is 5.91 Å². The number of benzene rings is 1. The standard InChI is InChI=1S/C17H23FN4O3/c1-2-3-8-21(9-10-23)17(25)14-11-15(16(19)24)22(20-14)13-6-4-12(18)5-7-13/h4-7,15,23H,2-3,8-11H2,1H3,(H2,19,24). The van der Waals surface area contributed by atoms with Gasteiger partial charge in [-0.2, -0.15) is 5.10 Å². The van der Waals surface area contributed by atoms with E-state index in [1.165, 1.54) is 34.2 Å². The van der Waals surface area contributed by atoms with Crippen molar-refractivity contribution in [3.05, 3.63) is 30.1 Å². The minimum absolute atomic E-state index is 0.0829. The monoisotopic (exact) mass is 350 g/mol. The van der Waals surface area contributed by atoms with Gasteiger partial charge in [0, 0.05) is 19.5 Å². The third-order valence-corrected chi connectivity index (χ3v) is 4.02. The number of rotatable bonds is 8. The Morgan fingerprint density at radius 1 is 1.36 bits per heavy atom. The average Bonchev–Trinajstić information content (AvgIpc) is 3.04. The minimum atomic E-state index is -0.799. The van der Waals surface area contributed by atoms with Crippen LogP contribution >= 0.6 is 0 Å². The third-order valence-electron chi connectivity index (χ3n) is 4.02. The van der Waals surface area contributed by atoms with Gasteiger partial charge in [-0.1, -0.05) is 13.3 Å². The number of hydrogen-bond donors (Lipinski definition) is 2. The van der Waals surface area contributed by atoms with Crippen LogP contribution < -0.4 is 10.7 Å². The van der Waals surface area contributed by atoms with Gasteiger partial charge in [-0.3, -0.25) is 14.6 Å². The minimum Gasteiger partial charge on any atom is -0.395 e. The van der Waals surface area contributed by atoms with Crippen LogP contribution in [0.15, 0.2) is 29.4 Å². The fraction of sp³-hybridized carbons (Fsp3) is 0.471. The summed E-state index contributed by atoms with van der Waals surface area (Å²) in [5, 5.41) is 14.8.